The normalized spacial score (nSPS) is 19.1. The molecule has 0 atom stereocenters. The molecule has 1 aliphatic rings. The van der Waals surface area contributed by atoms with Crippen LogP contribution in [0.25, 0.3) is 0 Å². The number of alkyl halides is 3. The van der Waals surface area contributed by atoms with Crippen molar-refractivity contribution >= 4 is 5.96 Å². The van der Waals surface area contributed by atoms with E-state index in [-0.39, 0.29) is 6.54 Å². The van der Waals surface area contributed by atoms with Gasteiger partial charge in [-0.15, -0.1) is 0 Å². The average Bonchev–Trinajstić information content (AvgIpc) is 2.36. The summed E-state index contributed by atoms with van der Waals surface area (Å²) in [6, 6.07) is 0. The SMILES string of the molecule is CCNC(=NCC1CCN(C)CC1)NCCC(F)(F)F. The van der Waals surface area contributed by atoms with Crippen LogP contribution in [0, 0.1) is 5.92 Å². The Kier molecular flexibility index (Phi) is 7.12. The van der Waals surface area contributed by atoms with Crippen LogP contribution < -0.4 is 10.6 Å². The average molecular weight is 294 g/mol. The molecule has 2 N–H and O–H groups in total. The van der Waals surface area contributed by atoms with Crippen LogP contribution in [-0.2, 0) is 0 Å². The fourth-order valence-electron chi connectivity index (χ4n) is 2.13. The molecule has 1 rings (SSSR count). The van der Waals surface area contributed by atoms with Gasteiger partial charge in [0.15, 0.2) is 5.96 Å². The summed E-state index contributed by atoms with van der Waals surface area (Å²) in [5, 5.41) is 5.71. The first-order chi connectivity index (χ1) is 9.40. The van der Waals surface area contributed by atoms with Gasteiger partial charge in [0.05, 0.1) is 6.42 Å². The molecule has 0 radical (unpaired) electrons. The molecule has 7 heteroatoms. The van der Waals surface area contributed by atoms with Crippen LogP contribution in [0.3, 0.4) is 0 Å². The van der Waals surface area contributed by atoms with E-state index in [1.54, 1.807) is 0 Å². The van der Waals surface area contributed by atoms with E-state index in [9.17, 15) is 13.2 Å². The zero-order valence-corrected chi connectivity index (χ0v) is 12.3. The minimum Gasteiger partial charge on any atom is -0.357 e. The summed E-state index contributed by atoms with van der Waals surface area (Å²) < 4.78 is 36.3. The van der Waals surface area contributed by atoms with Crippen molar-refractivity contribution in [3.8, 4) is 0 Å². The second-order valence-corrected chi connectivity index (χ2v) is 5.26. The van der Waals surface area contributed by atoms with Crippen LogP contribution in [0.2, 0.25) is 0 Å². The maximum absolute atomic E-state index is 12.1. The molecule has 0 spiro atoms. The third-order valence-corrected chi connectivity index (χ3v) is 3.39. The Balaban J connectivity index is 2.34. The number of hydrogen-bond donors (Lipinski definition) is 2. The minimum absolute atomic E-state index is 0.136. The van der Waals surface area contributed by atoms with Crippen molar-refractivity contribution in [1.82, 2.24) is 15.5 Å². The first kappa shape index (κ1) is 17.1. The fraction of sp³-hybridized carbons (Fsp3) is 0.923. The van der Waals surface area contributed by atoms with E-state index >= 15 is 0 Å². The first-order valence-electron chi connectivity index (χ1n) is 7.18. The van der Waals surface area contributed by atoms with Crippen LogP contribution in [0.5, 0.6) is 0 Å². The summed E-state index contributed by atoms with van der Waals surface area (Å²) in [5.41, 5.74) is 0. The third kappa shape index (κ3) is 7.57. The Bertz CT molecular complexity index is 296. The summed E-state index contributed by atoms with van der Waals surface area (Å²) in [4.78, 5) is 6.68. The summed E-state index contributed by atoms with van der Waals surface area (Å²) in [6.45, 7) is 5.22. The molecular formula is C13H25F3N4. The highest BCUT2D eigenvalue weighted by atomic mass is 19.4. The lowest BCUT2D eigenvalue weighted by atomic mass is 9.97. The Morgan fingerprint density at radius 1 is 1.25 bits per heavy atom. The molecule has 4 nitrogen and oxygen atoms in total. The highest BCUT2D eigenvalue weighted by molar-refractivity contribution is 5.79. The zero-order valence-electron chi connectivity index (χ0n) is 12.3. The zero-order chi connectivity index (χ0) is 15.0. The number of nitrogens with one attached hydrogen (secondary N) is 2. The van der Waals surface area contributed by atoms with Gasteiger partial charge in [0.1, 0.15) is 0 Å². The van der Waals surface area contributed by atoms with E-state index in [2.05, 4.69) is 27.6 Å². The largest absolute Gasteiger partial charge is 0.390 e. The van der Waals surface area contributed by atoms with Gasteiger partial charge in [0, 0.05) is 19.6 Å². The van der Waals surface area contributed by atoms with E-state index in [0.717, 1.165) is 25.9 Å². The van der Waals surface area contributed by atoms with Crippen LogP contribution in [-0.4, -0.2) is 56.8 Å². The number of hydrogen-bond acceptors (Lipinski definition) is 2. The predicted molar refractivity (Wildman–Crippen MR) is 74.9 cm³/mol. The van der Waals surface area contributed by atoms with Crippen molar-refractivity contribution in [2.45, 2.75) is 32.4 Å². The van der Waals surface area contributed by atoms with Gasteiger partial charge in [-0.05, 0) is 45.8 Å². The smallest absolute Gasteiger partial charge is 0.357 e. The molecule has 1 saturated heterocycles. The van der Waals surface area contributed by atoms with Gasteiger partial charge >= 0.3 is 6.18 Å². The molecule has 0 aromatic heterocycles. The van der Waals surface area contributed by atoms with Gasteiger partial charge < -0.3 is 15.5 Å². The molecule has 118 valence electrons. The van der Waals surface area contributed by atoms with E-state index in [4.69, 9.17) is 0 Å². The molecule has 0 aromatic rings. The van der Waals surface area contributed by atoms with Crippen molar-refractivity contribution < 1.29 is 13.2 Å². The Morgan fingerprint density at radius 3 is 2.45 bits per heavy atom. The summed E-state index contributed by atoms with van der Waals surface area (Å²) in [5.74, 6) is 1.01. The van der Waals surface area contributed by atoms with Crippen molar-refractivity contribution in [2.24, 2.45) is 10.9 Å². The van der Waals surface area contributed by atoms with E-state index in [1.807, 2.05) is 6.92 Å². The van der Waals surface area contributed by atoms with E-state index in [1.165, 1.54) is 0 Å². The molecular weight excluding hydrogens is 269 g/mol. The van der Waals surface area contributed by atoms with Gasteiger partial charge in [0.2, 0.25) is 0 Å². The third-order valence-electron chi connectivity index (χ3n) is 3.39. The minimum atomic E-state index is -4.13. The standard InChI is InChI=1S/C13H25F3N4/c1-3-17-12(18-7-6-13(14,15)16)19-10-11-4-8-20(2)9-5-11/h11H,3-10H2,1-2H3,(H2,17,18,19). The summed E-state index contributed by atoms with van der Waals surface area (Å²) in [6.07, 6.45) is -2.77. The molecule has 20 heavy (non-hydrogen) atoms. The lowest BCUT2D eigenvalue weighted by molar-refractivity contribution is -0.132. The van der Waals surface area contributed by atoms with Gasteiger partial charge in [-0.25, -0.2) is 0 Å². The monoisotopic (exact) mass is 294 g/mol. The van der Waals surface area contributed by atoms with Crippen LogP contribution in [0.15, 0.2) is 4.99 Å². The molecule has 1 heterocycles. The number of nitrogens with zero attached hydrogens (tertiary/aromatic N) is 2. The topological polar surface area (TPSA) is 39.7 Å². The maximum atomic E-state index is 12.1. The van der Waals surface area contributed by atoms with Gasteiger partial charge in [-0.3, -0.25) is 4.99 Å². The summed E-state index contributed by atoms with van der Waals surface area (Å²) >= 11 is 0. The Hall–Kier alpha value is -0.980. The Labute approximate surface area is 118 Å². The number of likely N-dealkylation sites (tertiary alicyclic amines) is 1. The lowest BCUT2D eigenvalue weighted by Gasteiger charge is -2.28. The van der Waals surface area contributed by atoms with Gasteiger partial charge in [-0.2, -0.15) is 13.2 Å². The number of guanidine groups is 1. The van der Waals surface area contributed by atoms with Gasteiger partial charge in [-0.1, -0.05) is 0 Å². The van der Waals surface area contributed by atoms with Crippen LogP contribution >= 0.6 is 0 Å². The molecule has 0 aliphatic carbocycles. The molecule has 1 fully saturated rings. The highest BCUT2D eigenvalue weighted by Gasteiger charge is 2.26. The highest BCUT2D eigenvalue weighted by Crippen LogP contribution is 2.18. The number of piperidine rings is 1. The first-order valence-corrected chi connectivity index (χ1v) is 7.18. The number of rotatable bonds is 5. The van der Waals surface area contributed by atoms with E-state index < -0.39 is 12.6 Å². The van der Waals surface area contributed by atoms with Crippen molar-refractivity contribution in [1.29, 1.82) is 0 Å². The van der Waals surface area contributed by atoms with Gasteiger partial charge in [0.25, 0.3) is 0 Å². The van der Waals surface area contributed by atoms with Crippen LogP contribution in [0.1, 0.15) is 26.2 Å². The Morgan fingerprint density at radius 2 is 1.90 bits per heavy atom. The fourth-order valence-corrected chi connectivity index (χ4v) is 2.13. The lowest BCUT2D eigenvalue weighted by Crippen LogP contribution is -2.39. The quantitative estimate of drug-likeness (QED) is 0.600. The predicted octanol–water partition coefficient (Wildman–Crippen LogP) is 1.84. The van der Waals surface area contributed by atoms with E-state index in [0.29, 0.717) is 25.0 Å². The van der Waals surface area contributed by atoms with Crippen LogP contribution in [0.4, 0.5) is 13.2 Å². The molecule has 0 saturated carbocycles. The second kappa shape index (κ2) is 8.34. The summed E-state index contributed by atoms with van der Waals surface area (Å²) in [7, 11) is 2.10. The molecule has 0 unspecified atom stereocenters. The molecule has 1 aliphatic heterocycles. The van der Waals surface area contributed by atoms with Crippen molar-refractivity contribution in [3.05, 3.63) is 0 Å². The molecule has 0 bridgehead atoms. The van der Waals surface area contributed by atoms with Crippen molar-refractivity contribution in [3.63, 3.8) is 0 Å². The molecule has 0 amide bonds. The van der Waals surface area contributed by atoms with Crippen molar-refractivity contribution in [2.75, 3.05) is 39.8 Å². The molecule has 0 aromatic carbocycles. The number of halogens is 3. The number of aliphatic imine (C=N–C) groups is 1. The maximum Gasteiger partial charge on any atom is 0.390 e. The second-order valence-electron chi connectivity index (χ2n) is 5.26.